The highest BCUT2D eigenvalue weighted by atomic mass is 16.5. The lowest BCUT2D eigenvalue weighted by molar-refractivity contribution is -0.143. The molecule has 420 valence electrons. The van der Waals surface area contributed by atoms with E-state index in [4.69, 9.17) is 4.74 Å². The predicted molar refractivity (Wildman–Crippen MR) is 310 cm³/mol. The van der Waals surface area contributed by atoms with Crippen LogP contribution in [0, 0.1) is 0 Å². The largest absolute Gasteiger partial charge is 0.466 e. The van der Waals surface area contributed by atoms with Crippen molar-refractivity contribution in [1.29, 1.82) is 0 Å². The molecule has 0 aromatic carbocycles. The van der Waals surface area contributed by atoms with Crippen LogP contribution in [0.2, 0.25) is 0 Å². The van der Waals surface area contributed by atoms with Crippen molar-refractivity contribution in [2.24, 2.45) is 0 Å². The number of unbranched alkanes of at least 4 members (excludes halogenated alkanes) is 45. The molecule has 0 rings (SSSR count). The molecule has 0 aliphatic heterocycles. The van der Waals surface area contributed by atoms with Gasteiger partial charge < -0.3 is 20.3 Å². The summed E-state index contributed by atoms with van der Waals surface area (Å²) in [6, 6.07) is -0.552. The van der Waals surface area contributed by atoms with E-state index in [9.17, 15) is 19.8 Å². The highest BCUT2D eigenvalue weighted by Gasteiger charge is 2.20. The quantitative estimate of drug-likeness (QED) is 0.0320. The molecule has 3 N–H and O–H groups in total. The van der Waals surface area contributed by atoms with Crippen molar-refractivity contribution in [1.82, 2.24) is 5.32 Å². The minimum Gasteiger partial charge on any atom is -0.466 e. The normalized spacial score (nSPS) is 12.7. The zero-order valence-electron chi connectivity index (χ0n) is 48.0. The van der Waals surface area contributed by atoms with Crippen LogP contribution in [-0.4, -0.2) is 47.4 Å². The molecule has 0 aliphatic rings. The average molecular weight is 1000 g/mol. The standard InChI is InChI=1S/C65H125NO5/c1-3-5-7-9-11-13-15-17-18-19-20-21-22-23-24-25-26-28-31-34-37-41-45-49-53-57-63(68)62(61-67)66-64(69)58-54-50-46-42-38-35-32-29-27-30-33-36-40-44-48-52-56-60-71-65(70)59-55-51-47-43-39-16-14-12-10-8-6-4-2/h12,14,27,30,62-63,67-68H,3-11,13,15-26,28-29,31-61H2,1-2H3,(H,66,69)/b14-12-,30-27-. The minimum absolute atomic E-state index is 0.0111. The lowest BCUT2D eigenvalue weighted by Crippen LogP contribution is -2.45. The first-order chi connectivity index (χ1) is 35.0. The maximum atomic E-state index is 12.5. The maximum Gasteiger partial charge on any atom is 0.305 e. The number of carbonyl (C=O) groups excluding carboxylic acids is 2. The van der Waals surface area contributed by atoms with Gasteiger partial charge in [0.05, 0.1) is 25.4 Å². The number of amides is 1. The third-order valence-electron chi connectivity index (χ3n) is 15.0. The van der Waals surface area contributed by atoms with Crippen LogP contribution >= 0.6 is 0 Å². The maximum absolute atomic E-state index is 12.5. The van der Waals surface area contributed by atoms with Crippen molar-refractivity contribution in [2.45, 2.75) is 366 Å². The van der Waals surface area contributed by atoms with Crippen molar-refractivity contribution in [3.05, 3.63) is 24.3 Å². The molecule has 1 amide bonds. The van der Waals surface area contributed by atoms with Crippen LogP contribution in [0.1, 0.15) is 354 Å². The monoisotopic (exact) mass is 1000 g/mol. The summed E-state index contributed by atoms with van der Waals surface area (Å²) in [5.74, 6) is -0.0545. The van der Waals surface area contributed by atoms with E-state index in [2.05, 4.69) is 43.5 Å². The van der Waals surface area contributed by atoms with Crippen LogP contribution in [0.5, 0.6) is 0 Å². The number of aliphatic hydroxyl groups is 2. The molecule has 0 aromatic rings. The van der Waals surface area contributed by atoms with Gasteiger partial charge in [0.2, 0.25) is 5.91 Å². The van der Waals surface area contributed by atoms with Gasteiger partial charge in [-0.25, -0.2) is 0 Å². The minimum atomic E-state index is -0.674. The summed E-state index contributed by atoms with van der Waals surface area (Å²) in [6.45, 7) is 4.93. The first-order valence-electron chi connectivity index (χ1n) is 32.1. The van der Waals surface area contributed by atoms with Gasteiger partial charge in [-0.1, -0.05) is 289 Å². The van der Waals surface area contributed by atoms with Crippen LogP contribution in [0.25, 0.3) is 0 Å². The lowest BCUT2D eigenvalue weighted by atomic mass is 10.0. The van der Waals surface area contributed by atoms with Gasteiger partial charge in [0.15, 0.2) is 0 Å². The fourth-order valence-electron chi connectivity index (χ4n) is 10.0. The molecule has 0 spiro atoms. The molecule has 0 fully saturated rings. The molecule has 0 radical (unpaired) electrons. The van der Waals surface area contributed by atoms with Crippen molar-refractivity contribution < 1.29 is 24.5 Å². The Kier molecular flexibility index (Phi) is 59.5. The third kappa shape index (κ3) is 57.5. The number of rotatable bonds is 60. The van der Waals surface area contributed by atoms with E-state index in [0.29, 0.717) is 25.9 Å². The zero-order chi connectivity index (χ0) is 51.4. The Morgan fingerprint density at radius 3 is 1.03 bits per heavy atom. The molecule has 6 nitrogen and oxygen atoms in total. The number of allylic oxidation sites excluding steroid dienone is 4. The number of ether oxygens (including phenoxy) is 1. The molecule has 0 saturated carbocycles. The van der Waals surface area contributed by atoms with Gasteiger partial charge in [0.1, 0.15) is 0 Å². The Morgan fingerprint density at radius 2 is 0.662 bits per heavy atom. The van der Waals surface area contributed by atoms with Gasteiger partial charge in [0.25, 0.3) is 0 Å². The third-order valence-corrected chi connectivity index (χ3v) is 15.0. The number of aliphatic hydroxyl groups excluding tert-OH is 2. The second-order valence-electron chi connectivity index (χ2n) is 22.1. The molecule has 0 heterocycles. The zero-order valence-corrected chi connectivity index (χ0v) is 48.0. The molecule has 0 aromatic heterocycles. The molecule has 2 unspecified atom stereocenters. The van der Waals surface area contributed by atoms with Crippen molar-refractivity contribution in [3.8, 4) is 0 Å². The van der Waals surface area contributed by atoms with Gasteiger partial charge >= 0.3 is 5.97 Å². The van der Waals surface area contributed by atoms with Gasteiger partial charge in [-0.05, 0) is 77.0 Å². The molecule has 6 heteroatoms. The molecule has 0 aliphatic carbocycles. The molecule has 2 atom stereocenters. The van der Waals surface area contributed by atoms with Crippen LogP contribution < -0.4 is 5.32 Å². The number of nitrogens with one attached hydrogen (secondary N) is 1. The first kappa shape index (κ1) is 69.3. The summed E-state index contributed by atoms with van der Waals surface area (Å²) in [7, 11) is 0. The Morgan fingerprint density at radius 1 is 0.380 bits per heavy atom. The van der Waals surface area contributed by atoms with E-state index >= 15 is 0 Å². The number of hydrogen-bond acceptors (Lipinski definition) is 5. The van der Waals surface area contributed by atoms with Gasteiger partial charge in [0, 0.05) is 12.8 Å². The summed E-state index contributed by atoms with van der Waals surface area (Å²) >= 11 is 0. The predicted octanol–water partition coefficient (Wildman–Crippen LogP) is 20.2. The smallest absolute Gasteiger partial charge is 0.305 e. The highest BCUT2D eigenvalue weighted by Crippen LogP contribution is 2.18. The van der Waals surface area contributed by atoms with Gasteiger partial charge in [-0.3, -0.25) is 9.59 Å². The van der Waals surface area contributed by atoms with Crippen molar-refractivity contribution in [3.63, 3.8) is 0 Å². The number of hydrogen-bond donors (Lipinski definition) is 3. The Balaban J connectivity index is 3.45. The summed E-state index contributed by atoms with van der Waals surface area (Å²) in [4.78, 5) is 24.5. The summed E-state index contributed by atoms with van der Waals surface area (Å²) in [5, 5.41) is 23.4. The molecule has 0 saturated heterocycles. The van der Waals surface area contributed by atoms with E-state index in [0.717, 1.165) is 57.8 Å². The number of carbonyl (C=O) groups is 2. The second-order valence-corrected chi connectivity index (χ2v) is 22.1. The fraction of sp³-hybridized carbons (Fsp3) is 0.908. The van der Waals surface area contributed by atoms with E-state index in [1.165, 1.54) is 263 Å². The summed E-state index contributed by atoms with van der Waals surface area (Å²) in [6.07, 6.45) is 74.8. The molecule has 71 heavy (non-hydrogen) atoms. The summed E-state index contributed by atoms with van der Waals surface area (Å²) in [5.41, 5.74) is 0. The average Bonchev–Trinajstić information content (AvgIpc) is 3.37. The van der Waals surface area contributed by atoms with E-state index in [1.807, 2.05) is 0 Å². The molecular weight excluding hydrogens is 875 g/mol. The SMILES string of the molecule is CCCCC/C=C\CCCCCCCC(=O)OCCCCCCCC/C=C\CCCCCCCCCC(=O)NC(CO)C(O)CCCCCCCCCCCCCCCCCCCCCCCCCCC. The van der Waals surface area contributed by atoms with Crippen LogP contribution in [0.15, 0.2) is 24.3 Å². The Hall–Kier alpha value is -1.66. The Labute approximate surface area is 443 Å². The molecule has 0 bridgehead atoms. The van der Waals surface area contributed by atoms with E-state index < -0.39 is 12.1 Å². The summed E-state index contributed by atoms with van der Waals surface area (Å²) < 4.78 is 5.46. The van der Waals surface area contributed by atoms with E-state index in [-0.39, 0.29) is 18.5 Å². The first-order valence-corrected chi connectivity index (χ1v) is 32.1. The van der Waals surface area contributed by atoms with Crippen LogP contribution in [-0.2, 0) is 14.3 Å². The topological polar surface area (TPSA) is 95.9 Å². The fourth-order valence-corrected chi connectivity index (χ4v) is 10.0. The van der Waals surface area contributed by atoms with Crippen LogP contribution in [0.4, 0.5) is 0 Å². The highest BCUT2D eigenvalue weighted by molar-refractivity contribution is 5.76. The molecular formula is C65H125NO5. The van der Waals surface area contributed by atoms with Gasteiger partial charge in [-0.2, -0.15) is 0 Å². The lowest BCUT2D eigenvalue weighted by Gasteiger charge is -2.22. The van der Waals surface area contributed by atoms with Crippen molar-refractivity contribution in [2.75, 3.05) is 13.2 Å². The Bertz CT molecular complexity index is 1110. The van der Waals surface area contributed by atoms with Crippen LogP contribution in [0.3, 0.4) is 0 Å². The van der Waals surface area contributed by atoms with Gasteiger partial charge in [-0.15, -0.1) is 0 Å². The van der Waals surface area contributed by atoms with Crippen molar-refractivity contribution >= 4 is 11.9 Å². The number of esters is 1. The van der Waals surface area contributed by atoms with E-state index in [1.54, 1.807) is 0 Å². The second kappa shape index (κ2) is 60.9.